The molecule has 16 heavy (non-hydrogen) atoms. The summed E-state index contributed by atoms with van der Waals surface area (Å²) < 4.78 is 0. The number of nitrogens with one attached hydrogen (secondary N) is 1. The lowest BCUT2D eigenvalue weighted by Gasteiger charge is -2.10. The highest BCUT2D eigenvalue weighted by Gasteiger charge is 2.20. The van der Waals surface area contributed by atoms with Crippen LogP contribution in [0.4, 0.5) is 0 Å². The molecular formula is C14H15NS. The Kier molecular flexibility index (Phi) is 2.54. The van der Waals surface area contributed by atoms with Gasteiger partial charge < -0.3 is 5.32 Å². The Morgan fingerprint density at radius 3 is 2.94 bits per heavy atom. The molecule has 0 bridgehead atoms. The van der Waals surface area contributed by atoms with E-state index in [-0.39, 0.29) is 0 Å². The molecule has 0 saturated carbocycles. The van der Waals surface area contributed by atoms with Crippen molar-refractivity contribution >= 4 is 11.3 Å². The molecule has 0 amide bonds. The fourth-order valence-electron chi connectivity index (χ4n) is 2.53. The fraction of sp³-hybridized carbons (Fsp3) is 0.286. The molecule has 0 fully saturated rings. The molecule has 82 valence electrons. The Hall–Kier alpha value is -1.12. The molecule has 1 atom stereocenters. The van der Waals surface area contributed by atoms with E-state index in [1.54, 1.807) is 11.3 Å². The van der Waals surface area contributed by atoms with Gasteiger partial charge in [-0.3, -0.25) is 0 Å². The van der Waals surface area contributed by atoms with Crippen molar-refractivity contribution in [2.24, 2.45) is 0 Å². The standard InChI is InChI=1S/C14H15NS/c1-15-14-5-3-11-8-10(2-4-13(11)14)12-6-7-16-9-12/h2,4,6-9,14-15H,3,5H2,1H3. The smallest absolute Gasteiger partial charge is 0.0323 e. The molecule has 0 aliphatic heterocycles. The minimum Gasteiger partial charge on any atom is -0.313 e. The van der Waals surface area contributed by atoms with Crippen LogP contribution in [0.3, 0.4) is 0 Å². The van der Waals surface area contributed by atoms with Gasteiger partial charge in [0.25, 0.3) is 0 Å². The van der Waals surface area contributed by atoms with Crippen molar-refractivity contribution in [2.45, 2.75) is 18.9 Å². The maximum absolute atomic E-state index is 3.38. The molecule has 1 aromatic carbocycles. The lowest BCUT2D eigenvalue weighted by molar-refractivity contribution is 0.590. The maximum Gasteiger partial charge on any atom is 0.0323 e. The summed E-state index contributed by atoms with van der Waals surface area (Å²) in [7, 11) is 2.05. The van der Waals surface area contributed by atoms with Gasteiger partial charge in [0.05, 0.1) is 0 Å². The molecule has 1 unspecified atom stereocenters. The van der Waals surface area contributed by atoms with Crippen LogP contribution in [-0.4, -0.2) is 7.05 Å². The average molecular weight is 229 g/mol. The summed E-state index contributed by atoms with van der Waals surface area (Å²) in [4.78, 5) is 0. The first-order valence-corrected chi connectivity index (χ1v) is 6.65. The van der Waals surface area contributed by atoms with Crippen LogP contribution in [0, 0.1) is 0 Å². The number of aryl methyl sites for hydroxylation is 1. The third kappa shape index (κ3) is 1.58. The molecule has 2 aromatic rings. The number of benzene rings is 1. The van der Waals surface area contributed by atoms with E-state index in [1.807, 2.05) is 7.05 Å². The van der Waals surface area contributed by atoms with Gasteiger partial charge in [0.1, 0.15) is 0 Å². The second kappa shape index (κ2) is 4.04. The first-order valence-electron chi connectivity index (χ1n) is 5.71. The van der Waals surface area contributed by atoms with E-state index in [0.717, 1.165) is 0 Å². The van der Waals surface area contributed by atoms with Crippen LogP contribution in [0.25, 0.3) is 11.1 Å². The van der Waals surface area contributed by atoms with Gasteiger partial charge in [0.15, 0.2) is 0 Å². The molecule has 1 aliphatic carbocycles. The topological polar surface area (TPSA) is 12.0 Å². The van der Waals surface area contributed by atoms with Gasteiger partial charge in [0.2, 0.25) is 0 Å². The van der Waals surface area contributed by atoms with Gasteiger partial charge in [-0.25, -0.2) is 0 Å². The van der Waals surface area contributed by atoms with Crippen LogP contribution in [0.5, 0.6) is 0 Å². The Morgan fingerprint density at radius 1 is 1.25 bits per heavy atom. The average Bonchev–Trinajstić information content (AvgIpc) is 2.97. The third-order valence-electron chi connectivity index (χ3n) is 3.42. The second-order valence-electron chi connectivity index (χ2n) is 4.31. The van der Waals surface area contributed by atoms with Gasteiger partial charge in [-0.05, 0) is 59.0 Å². The minimum atomic E-state index is 0.562. The Labute approximate surface area is 100 Å². The summed E-state index contributed by atoms with van der Waals surface area (Å²) in [5.74, 6) is 0. The first kappa shape index (κ1) is 10.1. The second-order valence-corrected chi connectivity index (χ2v) is 5.09. The van der Waals surface area contributed by atoms with Gasteiger partial charge in [-0.1, -0.05) is 18.2 Å². The summed E-state index contributed by atoms with van der Waals surface area (Å²) in [6, 6.07) is 9.64. The molecule has 0 saturated heterocycles. The van der Waals surface area contributed by atoms with Crippen LogP contribution in [0.1, 0.15) is 23.6 Å². The predicted octanol–water partition coefficient (Wildman–Crippen LogP) is 3.62. The molecule has 3 rings (SSSR count). The number of fused-ring (bicyclic) bond motifs is 1. The molecule has 1 N–H and O–H groups in total. The molecule has 1 aliphatic rings. The van der Waals surface area contributed by atoms with E-state index < -0.39 is 0 Å². The van der Waals surface area contributed by atoms with Gasteiger partial charge >= 0.3 is 0 Å². The van der Waals surface area contributed by atoms with Crippen LogP contribution < -0.4 is 5.32 Å². The van der Waals surface area contributed by atoms with E-state index >= 15 is 0 Å². The highest BCUT2D eigenvalue weighted by molar-refractivity contribution is 7.08. The molecule has 0 spiro atoms. The fourth-order valence-corrected chi connectivity index (χ4v) is 3.19. The summed E-state index contributed by atoms with van der Waals surface area (Å²) in [6.07, 6.45) is 2.44. The van der Waals surface area contributed by atoms with E-state index in [2.05, 4.69) is 40.3 Å². The first-order chi connectivity index (χ1) is 7.88. The van der Waals surface area contributed by atoms with Gasteiger partial charge in [-0.15, -0.1) is 0 Å². The van der Waals surface area contributed by atoms with E-state index in [9.17, 15) is 0 Å². The summed E-state index contributed by atoms with van der Waals surface area (Å²) in [5.41, 5.74) is 5.71. The summed E-state index contributed by atoms with van der Waals surface area (Å²) in [6.45, 7) is 0. The van der Waals surface area contributed by atoms with Crippen LogP contribution in [0.15, 0.2) is 35.0 Å². The predicted molar refractivity (Wildman–Crippen MR) is 69.9 cm³/mol. The SMILES string of the molecule is CNC1CCc2cc(-c3ccsc3)ccc21. The van der Waals surface area contributed by atoms with Crippen molar-refractivity contribution in [2.75, 3.05) is 7.05 Å². The normalized spacial score (nSPS) is 18.7. The number of rotatable bonds is 2. The third-order valence-corrected chi connectivity index (χ3v) is 4.11. The number of hydrogen-bond donors (Lipinski definition) is 1. The van der Waals surface area contributed by atoms with Crippen molar-refractivity contribution in [1.82, 2.24) is 5.32 Å². The van der Waals surface area contributed by atoms with Crippen LogP contribution in [-0.2, 0) is 6.42 Å². The van der Waals surface area contributed by atoms with E-state index in [1.165, 1.54) is 35.1 Å². The van der Waals surface area contributed by atoms with Crippen LogP contribution >= 0.6 is 11.3 Å². The number of hydrogen-bond acceptors (Lipinski definition) is 2. The Balaban J connectivity index is 2.01. The lowest BCUT2D eigenvalue weighted by atomic mass is 10.0. The van der Waals surface area contributed by atoms with Crippen molar-refractivity contribution in [3.8, 4) is 11.1 Å². The van der Waals surface area contributed by atoms with Crippen molar-refractivity contribution < 1.29 is 0 Å². The highest BCUT2D eigenvalue weighted by Crippen LogP contribution is 2.34. The molecule has 2 heteroatoms. The Morgan fingerprint density at radius 2 is 2.19 bits per heavy atom. The Bertz CT molecular complexity index is 487. The molecule has 0 radical (unpaired) electrons. The number of thiophene rings is 1. The van der Waals surface area contributed by atoms with Gasteiger partial charge in [0, 0.05) is 6.04 Å². The molecular weight excluding hydrogens is 214 g/mol. The lowest BCUT2D eigenvalue weighted by Crippen LogP contribution is -2.12. The van der Waals surface area contributed by atoms with Crippen molar-refractivity contribution in [3.63, 3.8) is 0 Å². The zero-order chi connectivity index (χ0) is 11.0. The quantitative estimate of drug-likeness (QED) is 0.829. The monoisotopic (exact) mass is 229 g/mol. The van der Waals surface area contributed by atoms with E-state index in [4.69, 9.17) is 0 Å². The molecule has 1 nitrogen and oxygen atoms in total. The largest absolute Gasteiger partial charge is 0.313 e. The van der Waals surface area contributed by atoms with Gasteiger partial charge in [-0.2, -0.15) is 11.3 Å². The van der Waals surface area contributed by atoms with Crippen LogP contribution in [0.2, 0.25) is 0 Å². The zero-order valence-corrected chi connectivity index (χ0v) is 10.2. The van der Waals surface area contributed by atoms with Crippen molar-refractivity contribution in [3.05, 3.63) is 46.2 Å². The summed E-state index contributed by atoms with van der Waals surface area (Å²) in [5, 5.41) is 7.73. The summed E-state index contributed by atoms with van der Waals surface area (Å²) >= 11 is 1.76. The van der Waals surface area contributed by atoms with Crippen molar-refractivity contribution in [1.29, 1.82) is 0 Å². The highest BCUT2D eigenvalue weighted by atomic mass is 32.1. The molecule has 1 aromatic heterocycles. The molecule has 1 heterocycles. The zero-order valence-electron chi connectivity index (χ0n) is 9.36. The van der Waals surface area contributed by atoms with E-state index in [0.29, 0.717) is 6.04 Å². The minimum absolute atomic E-state index is 0.562. The maximum atomic E-state index is 3.38.